The number of rotatable bonds is 28. The molecule has 5 rings (SSSR count). The molecule has 6 unspecified atom stereocenters. The molecule has 414 valence electrons. The molecule has 20 heteroatoms. The van der Waals surface area contributed by atoms with Gasteiger partial charge in [-0.1, -0.05) is 106 Å². The number of esters is 4. The van der Waals surface area contributed by atoms with E-state index >= 15 is 0 Å². The topological polar surface area (TPSA) is 192 Å². The molecule has 1 N–H and O–H groups in total. The zero-order valence-electron chi connectivity index (χ0n) is 44.5. The van der Waals surface area contributed by atoms with Gasteiger partial charge in [0.2, 0.25) is 12.6 Å². The Morgan fingerprint density at radius 2 is 1.12 bits per heavy atom. The van der Waals surface area contributed by atoms with Crippen LogP contribution >= 0.6 is 43.2 Å². The number of benzene rings is 3. The molecule has 3 aromatic rings. The van der Waals surface area contributed by atoms with Gasteiger partial charge in [-0.05, 0) is 88.8 Å². The first-order chi connectivity index (χ1) is 36.1. The summed E-state index contributed by atoms with van der Waals surface area (Å²) in [4.78, 5) is 76.0. The number of nitrogens with zero attached hydrogens (tertiary/aromatic N) is 1. The molecule has 2 fully saturated rings. The second-order valence-electron chi connectivity index (χ2n) is 18.4. The third-order valence-electron chi connectivity index (χ3n) is 12.5. The summed E-state index contributed by atoms with van der Waals surface area (Å²) < 4.78 is 43.0. The third kappa shape index (κ3) is 23.9. The third-order valence-corrected chi connectivity index (χ3v) is 18.5. The SMILES string of the molecule is CC(OC(=O)CCCC[C@@H]1CCSS1)OC(=O)NC(C)C(C)COC(=O)c1ccccc1.COc1ccc(CN(C(=O)OC(C)OC(=O)CCCC[C@@H]2CCSS2)C(C)C(C)COC(=O)c2ccccc2)c(OC)c1. The van der Waals surface area contributed by atoms with Crippen LogP contribution in [0.4, 0.5) is 9.59 Å². The molecule has 2 aliphatic heterocycles. The molecular formula is C55H76N2O14S4. The summed E-state index contributed by atoms with van der Waals surface area (Å²) in [6, 6.07) is 22.1. The van der Waals surface area contributed by atoms with Crippen LogP contribution in [0, 0.1) is 11.8 Å². The number of hydrogen-bond donors (Lipinski definition) is 1. The van der Waals surface area contributed by atoms with Crippen LogP contribution in [0.1, 0.15) is 132 Å². The van der Waals surface area contributed by atoms with Crippen molar-refractivity contribution in [3.8, 4) is 11.5 Å². The van der Waals surface area contributed by atoms with Crippen molar-refractivity contribution in [3.63, 3.8) is 0 Å². The molecule has 0 aliphatic carbocycles. The molecule has 75 heavy (non-hydrogen) atoms. The molecular weight excluding hydrogens is 1040 g/mol. The maximum Gasteiger partial charge on any atom is 0.413 e. The molecule has 16 nitrogen and oxygen atoms in total. The number of nitrogens with one attached hydrogen (secondary N) is 1. The van der Waals surface area contributed by atoms with Gasteiger partial charge in [-0.15, -0.1) is 0 Å². The number of amides is 2. The van der Waals surface area contributed by atoms with E-state index < -0.39 is 48.7 Å². The van der Waals surface area contributed by atoms with Gasteiger partial charge in [-0.3, -0.25) is 9.59 Å². The standard InChI is InChI=1S/C32H43NO8S2.C23H33NO6S2/c1-22(21-39-31(35)25-11-7-6-8-12-25)23(2)33(20-26-15-16-27(37-4)19-29(26)38-5)32(36)41-24(3)40-30(34)14-10-9-13-28-17-18-42-43-28;1-16(15-28-22(26)19-9-5-4-6-10-19)17(2)24-23(27)30-18(3)29-21(25)12-8-7-11-20-13-14-31-32-20/h6-8,11-12,15-16,19,22-24,28H,9-10,13-14,17-18,20-21H2,1-5H3;4-6,9-10,16-18,20H,7-8,11-15H2,1-3H3,(H,24,27)/t22?,23?,24?,28-;16?,17?,18?,20-/m11/s1. The predicted octanol–water partition coefficient (Wildman–Crippen LogP) is 12.3. The lowest BCUT2D eigenvalue weighted by Crippen LogP contribution is -2.44. The lowest BCUT2D eigenvalue weighted by Gasteiger charge is -2.33. The summed E-state index contributed by atoms with van der Waals surface area (Å²) >= 11 is 0. The Hall–Kier alpha value is -4.92. The maximum absolute atomic E-state index is 13.5. The van der Waals surface area contributed by atoms with Crippen molar-refractivity contribution in [1.82, 2.24) is 10.2 Å². The number of methoxy groups -OCH3 is 2. The zero-order chi connectivity index (χ0) is 54.5. The van der Waals surface area contributed by atoms with Gasteiger partial charge in [0.15, 0.2) is 0 Å². The van der Waals surface area contributed by atoms with Gasteiger partial charge in [0, 0.05) is 84.2 Å². The zero-order valence-corrected chi connectivity index (χ0v) is 47.8. The highest BCUT2D eigenvalue weighted by atomic mass is 33.1. The molecule has 0 spiro atoms. The highest BCUT2D eigenvalue weighted by Crippen LogP contribution is 2.41. The van der Waals surface area contributed by atoms with Crippen molar-refractivity contribution in [1.29, 1.82) is 0 Å². The number of unbranched alkanes of at least 4 members (excludes halogenated alkanes) is 2. The summed E-state index contributed by atoms with van der Waals surface area (Å²) in [5.74, 6) is 1.57. The van der Waals surface area contributed by atoms with Crippen molar-refractivity contribution < 1.29 is 66.7 Å². The first-order valence-corrected chi connectivity index (χ1v) is 30.4. The van der Waals surface area contributed by atoms with Crippen molar-refractivity contribution in [2.75, 3.05) is 38.9 Å². The highest BCUT2D eigenvalue weighted by Gasteiger charge is 2.30. The van der Waals surface area contributed by atoms with Crippen molar-refractivity contribution in [2.24, 2.45) is 11.8 Å². The van der Waals surface area contributed by atoms with E-state index in [2.05, 4.69) is 5.32 Å². The fourth-order valence-electron chi connectivity index (χ4n) is 7.53. The van der Waals surface area contributed by atoms with Crippen LogP contribution in [0.5, 0.6) is 11.5 Å². The van der Waals surface area contributed by atoms with Crippen LogP contribution in [0.25, 0.3) is 0 Å². The Balaban J connectivity index is 0.000000339. The van der Waals surface area contributed by atoms with E-state index in [1.54, 1.807) is 81.8 Å². The van der Waals surface area contributed by atoms with Crippen molar-refractivity contribution >= 4 is 79.2 Å². The Kier molecular flexibility index (Phi) is 29.0. The van der Waals surface area contributed by atoms with Crippen LogP contribution in [0.3, 0.4) is 0 Å². The fraction of sp³-hybridized carbons (Fsp3) is 0.564. The second kappa shape index (κ2) is 34.7. The molecule has 0 saturated carbocycles. The van der Waals surface area contributed by atoms with Gasteiger partial charge >= 0.3 is 36.1 Å². The summed E-state index contributed by atoms with van der Waals surface area (Å²) in [7, 11) is 10.8. The van der Waals surface area contributed by atoms with Crippen LogP contribution in [-0.4, -0.2) is 115 Å². The minimum absolute atomic E-state index is 0.0843. The fourth-order valence-corrected chi connectivity index (χ4v) is 13.6. The molecule has 0 radical (unpaired) electrons. The highest BCUT2D eigenvalue weighted by molar-refractivity contribution is 8.77. The summed E-state index contributed by atoms with van der Waals surface area (Å²) in [6.45, 7) is 10.8. The smallest absolute Gasteiger partial charge is 0.413 e. The number of alkyl carbamates (subject to hydrolysis) is 1. The molecule has 0 aromatic heterocycles. The van der Waals surface area contributed by atoms with Gasteiger partial charge in [0.25, 0.3) is 0 Å². The lowest BCUT2D eigenvalue weighted by atomic mass is 10.0. The van der Waals surface area contributed by atoms with E-state index in [9.17, 15) is 28.8 Å². The maximum atomic E-state index is 13.5. The van der Waals surface area contributed by atoms with E-state index in [-0.39, 0.29) is 50.0 Å². The lowest BCUT2D eigenvalue weighted by molar-refractivity contribution is -0.167. The molecule has 2 saturated heterocycles. The average molecular weight is 1120 g/mol. The van der Waals surface area contributed by atoms with Crippen molar-refractivity contribution in [3.05, 3.63) is 95.6 Å². The van der Waals surface area contributed by atoms with Gasteiger partial charge in [-0.2, -0.15) is 0 Å². The van der Waals surface area contributed by atoms with E-state index in [1.165, 1.54) is 43.1 Å². The largest absolute Gasteiger partial charge is 0.497 e. The molecule has 8 atom stereocenters. The first-order valence-electron chi connectivity index (χ1n) is 25.6. The van der Waals surface area contributed by atoms with E-state index in [4.69, 9.17) is 37.9 Å². The Morgan fingerprint density at radius 3 is 1.60 bits per heavy atom. The Morgan fingerprint density at radius 1 is 0.613 bits per heavy atom. The minimum Gasteiger partial charge on any atom is -0.497 e. The minimum atomic E-state index is -1.07. The molecule has 2 aliphatic rings. The van der Waals surface area contributed by atoms with Crippen LogP contribution in [0.2, 0.25) is 0 Å². The number of ether oxygens (including phenoxy) is 8. The van der Waals surface area contributed by atoms with Gasteiger partial charge < -0.3 is 48.1 Å². The van der Waals surface area contributed by atoms with Crippen molar-refractivity contribution in [2.45, 2.75) is 147 Å². The Labute approximate surface area is 459 Å². The van der Waals surface area contributed by atoms with Crippen LogP contribution < -0.4 is 14.8 Å². The van der Waals surface area contributed by atoms with E-state index in [0.717, 1.165) is 44.1 Å². The predicted molar refractivity (Wildman–Crippen MR) is 297 cm³/mol. The number of hydrogen-bond acceptors (Lipinski definition) is 18. The van der Waals surface area contributed by atoms with Gasteiger partial charge in [0.1, 0.15) is 11.5 Å². The summed E-state index contributed by atoms with van der Waals surface area (Å²) in [5, 5.41) is 4.05. The van der Waals surface area contributed by atoms with Gasteiger partial charge in [0.05, 0.1) is 45.1 Å². The summed E-state index contributed by atoms with van der Waals surface area (Å²) in [6.07, 6.45) is 5.35. The molecule has 0 bridgehead atoms. The van der Waals surface area contributed by atoms with Crippen LogP contribution in [-0.2, 0) is 44.6 Å². The summed E-state index contributed by atoms with van der Waals surface area (Å²) in [5.41, 5.74) is 1.66. The van der Waals surface area contributed by atoms with Gasteiger partial charge in [-0.25, -0.2) is 19.2 Å². The Bertz CT molecular complexity index is 2200. The number of carbonyl (C=O) groups is 6. The molecule has 3 aromatic carbocycles. The second-order valence-corrected chi connectivity index (χ2v) is 24.0. The first kappa shape index (κ1) is 62.6. The average Bonchev–Trinajstić information content (AvgIpc) is 4.14. The molecule has 2 amide bonds. The quantitative estimate of drug-likeness (QED) is 0.0237. The van der Waals surface area contributed by atoms with Crippen LogP contribution in [0.15, 0.2) is 78.9 Å². The normalized spacial score (nSPS) is 17.2. The van der Waals surface area contributed by atoms with E-state index in [0.29, 0.717) is 39.5 Å². The monoisotopic (exact) mass is 1120 g/mol. The molecule has 2 heterocycles. The number of carbonyl (C=O) groups excluding carboxylic acids is 6. The van der Waals surface area contributed by atoms with E-state index in [1.807, 2.05) is 82.1 Å².